The van der Waals surface area contributed by atoms with Gasteiger partial charge in [-0.25, -0.2) is 9.69 Å². The third-order valence-corrected chi connectivity index (χ3v) is 1.76. The molecule has 80 valence electrons. The third kappa shape index (κ3) is 1.86. The van der Waals surface area contributed by atoms with E-state index in [1.165, 1.54) is 6.20 Å². The van der Waals surface area contributed by atoms with E-state index in [9.17, 15) is 4.79 Å². The summed E-state index contributed by atoms with van der Waals surface area (Å²) in [7, 11) is 0. The first-order chi connectivity index (χ1) is 7.33. The lowest BCUT2D eigenvalue weighted by molar-refractivity contribution is 0.0861. The van der Waals surface area contributed by atoms with Crippen molar-refractivity contribution in [2.24, 2.45) is 5.16 Å². The number of carbonyl (C=O) groups excluding carboxylic acids is 1. The quantitative estimate of drug-likeness (QED) is 0.709. The maximum Gasteiger partial charge on any atom is 0.419 e. The van der Waals surface area contributed by atoms with Gasteiger partial charge in [0.25, 0.3) is 0 Å². The topological polar surface area (TPSA) is 77.2 Å². The number of rotatable bonds is 2. The molecular weight excluding hydrogens is 226 g/mol. The molecule has 0 N–H and O–H groups in total. The molecule has 0 fully saturated rings. The van der Waals surface area contributed by atoms with Crippen LogP contribution < -0.4 is 0 Å². The first-order valence-corrected chi connectivity index (χ1v) is 4.47. The molecule has 0 saturated heterocycles. The predicted molar refractivity (Wildman–Crippen MR) is 48.0 cm³/mol. The van der Waals surface area contributed by atoms with E-state index in [0.717, 1.165) is 4.90 Å². The monoisotopic (exact) mass is 231 g/mol. The van der Waals surface area contributed by atoms with Crippen LogP contribution in [0.5, 0.6) is 0 Å². The summed E-state index contributed by atoms with van der Waals surface area (Å²) in [6, 6.07) is 1.31. The van der Waals surface area contributed by atoms with Gasteiger partial charge in [-0.2, -0.15) is 0 Å². The number of amidine groups is 1. The van der Waals surface area contributed by atoms with Gasteiger partial charge in [-0.15, -0.1) is 0 Å². The maximum atomic E-state index is 11.3. The Bertz CT molecular complexity index is 378. The number of hydrogen-bond acceptors (Lipinski definition) is 6. The van der Waals surface area contributed by atoms with Crippen LogP contribution in [0.15, 0.2) is 21.9 Å². The van der Waals surface area contributed by atoms with Gasteiger partial charge in [-0.05, 0) is 0 Å². The van der Waals surface area contributed by atoms with E-state index in [1.54, 1.807) is 6.07 Å². The summed E-state index contributed by atoms with van der Waals surface area (Å²) in [4.78, 5) is 17.2. The van der Waals surface area contributed by atoms with E-state index in [2.05, 4.69) is 15.0 Å². The normalized spacial score (nSPS) is 14.7. The smallest absolute Gasteiger partial charge is 0.419 e. The highest BCUT2D eigenvalue weighted by Gasteiger charge is 2.30. The lowest BCUT2D eigenvalue weighted by atomic mass is 10.4. The molecule has 1 aliphatic heterocycles. The van der Waals surface area contributed by atoms with Crippen LogP contribution >= 0.6 is 11.6 Å². The molecule has 1 aromatic rings. The lowest BCUT2D eigenvalue weighted by Gasteiger charge is -2.11. The van der Waals surface area contributed by atoms with Crippen LogP contribution in [0, 0.1) is 0 Å². The average molecular weight is 232 g/mol. The number of aromatic nitrogens is 1. The Kier molecular flexibility index (Phi) is 2.72. The van der Waals surface area contributed by atoms with E-state index in [-0.39, 0.29) is 18.6 Å². The molecule has 0 saturated carbocycles. The molecule has 1 amide bonds. The van der Waals surface area contributed by atoms with Crippen molar-refractivity contribution in [1.82, 2.24) is 10.1 Å². The highest BCUT2D eigenvalue weighted by molar-refractivity contribution is 6.17. The fraction of sp³-hybridized carbons (Fsp3) is 0.286. The highest BCUT2D eigenvalue weighted by Crippen LogP contribution is 2.12. The summed E-state index contributed by atoms with van der Waals surface area (Å²) in [5.41, 5.74) is 0. The van der Waals surface area contributed by atoms with Gasteiger partial charge in [-0.1, -0.05) is 21.9 Å². The molecule has 15 heavy (non-hydrogen) atoms. The SMILES string of the molecule is O=C(OCCl)N1CON=C1c1ccno1. The minimum Gasteiger partial charge on any atom is -0.433 e. The molecule has 1 aliphatic rings. The van der Waals surface area contributed by atoms with Crippen molar-refractivity contribution < 1.29 is 18.9 Å². The van der Waals surface area contributed by atoms with Crippen molar-refractivity contribution >= 4 is 23.5 Å². The molecule has 2 rings (SSSR count). The number of alkyl halides is 1. The van der Waals surface area contributed by atoms with E-state index in [4.69, 9.17) is 21.0 Å². The average Bonchev–Trinajstić information content (AvgIpc) is 2.88. The minimum absolute atomic E-state index is 0.0360. The summed E-state index contributed by atoms with van der Waals surface area (Å²) >= 11 is 5.26. The van der Waals surface area contributed by atoms with Gasteiger partial charge in [0.05, 0.1) is 6.20 Å². The minimum atomic E-state index is -0.655. The molecule has 8 heteroatoms. The first-order valence-electron chi connectivity index (χ1n) is 3.94. The molecule has 0 atom stereocenters. The number of amides is 1. The van der Waals surface area contributed by atoms with Crippen molar-refractivity contribution in [1.29, 1.82) is 0 Å². The van der Waals surface area contributed by atoms with Gasteiger partial charge in [-0.3, -0.25) is 0 Å². The summed E-state index contributed by atoms with van der Waals surface area (Å²) in [5, 5.41) is 7.12. The van der Waals surface area contributed by atoms with Gasteiger partial charge in [0.2, 0.25) is 18.3 Å². The molecule has 2 heterocycles. The van der Waals surface area contributed by atoms with Crippen molar-refractivity contribution in [3.63, 3.8) is 0 Å². The molecule has 0 spiro atoms. The van der Waals surface area contributed by atoms with Crippen LogP contribution in [-0.4, -0.2) is 34.8 Å². The molecule has 0 aliphatic carbocycles. The lowest BCUT2D eigenvalue weighted by Crippen LogP contribution is -2.34. The van der Waals surface area contributed by atoms with Crippen LogP contribution in [-0.2, 0) is 9.57 Å². The summed E-state index contributed by atoms with van der Waals surface area (Å²) < 4.78 is 9.42. The van der Waals surface area contributed by atoms with E-state index >= 15 is 0 Å². The van der Waals surface area contributed by atoms with Crippen LogP contribution in [0.2, 0.25) is 0 Å². The molecule has 0 aromatic carbocycles. The van der Waals surface area contributed by atoms with E-state index in [1.807, 2.05) is 0 Å². The summed E-state index contributed by atoms with van der Waals surface area (Å²) in [5.74, 6) is 0.529. The van der Waals surface area contributed by atoms with Crippen LogP contribution in [0.25, 0.3) is 0 Å². The Morgan fingerprint density at radius 3 is 3.27 bits per heavy atom. The highest BCUT2D eigenvalue weighted by atomic mass is 35.5. The molecule has 0 bridgehead atoms. The van der Waals surface area contributed by atoms with Gasteiger partial charge in [0.15, 0.2) is 6.07 Å². The Balaban J connectivity index is 2.15. The van der Waals surface area contributed by atoms with Gasteiger partial charge in [0, 0.05) is 6.07 Å². The predicted octanol–water partition coefficient (Wildman–Crippen LogP) is 0.959. The second-order valence-corrected chi connectivity index (χ2v) is 2.72. The molecule has 7 nitrogen and oxygen atoms in total. The van der Waals surface area contributed by atoms with E-state index < -0.39 is 6.09 Å². The van der Waals surface area contributed by atoms with Crippen molar-refractivity contribution in [3.8, 4) is 0 Å². The number of nitrogens with zero attached hydrogens (tertiary/aromatic N) is 3. The van der Waals surface area contributed by atoms with Crippen molar-refractivity contribution in [2.75, 3.05) is 12.8 Å². The number of hydrogen-bond donors (Lipinski definition) is 0. The Hall–Kier alpha value is -1.76. The Morgan fingerprint density at radius 1 is 1.73 bits per heavy atom. The fourth-order valence-electron chi connectivity index (χ4n) is 1.03. The van der Waals surface area contributed by atoms with Gasteiger partial charge in [0.1, 0.15) is 0 Å². The zero-order valence-electron chi connectivity index (χ0n) is 7.42. The van der Waals surface area contributed by atoms with Crippen LogP contribution in [0.4, 0.5) is 4.79 Å². The second-order valence-electron chi connectivity index (χ2n) is 2.50. The maximum absolute atomic E-state index is 11.3. The zero-order valence-corrected chi connectivity index (χ0v) is 8.18. The molecule has 0 unspecified atom stereocenters. The number of carbonyl (C=O) groups is 1. The van der Waals surface area contributed by atoms with E-state index in [0.29, 0.717) is 5.76 Å². The number of oxime groups is 1. The standard InChI is InChI=1S/C7H6ClN3O4/c8-3-13-7(12)11-4-14-10-6(11)5-1-2-9-15-5/h1-2H,3-4H2. The second kappa shape index (κ2) is 4.18. The van der Waals surface area contributed by atoms with Gasteiger partial charge < -0.3 is 14.1 Å². The largest absolute Gasteiger partial charge is 0.433 e. The number of halogens is 1. The molecular formula is C7H6ClN3O4. The Labute approximate surface area is 89.2 Å². The van der Waals surface area contributed by atoms with Gasteiger partial charge >= 0.3 is 6.09 Å². The third-order valence-electron chi connectivity index (χ3n) is 1.65. The van der Waals surface area contributed by atoms with Crippen LogP contribution in [0.1, 0.15) is 5.76 Å². The first kappa shape index (κ1) is 9.78. The summed E-state index contributed by atoms with van der Waals surface area (Å²) in [6.45, 7) is -0.0360. The molecule has 0 radical (unpaired) electrons. The van der Waals surface area contributed by atoms with Crippen molar-refractivity contribution in [2.45, 2.75) is 0 Å². The Morgan fingerprint density at radius 2 is 2.60 bits per heavy atom. The number of ether oxygens (including phenoxy) is 1. The van der Waals surface area contributed by atoms with Crippen molar-refractivity contribution in [3.05, 3.63) is 18.0 Å². The van der Waals surface area contributed by atoms with Crippen LogP contribution in [0.3, 0.4) is 0 Å². The fourth-order valence-corrected chi connectivity index (χ4v) is 1.12. The zero-order chi connectivity index (χ0) is 10.7. The molecule has 1 aromatic heterocycles. The summed E-state index contributed by atoms with van der Waals surface area (Å²) in [6.07, 6.45) is 0.777.